The predicted octanol–water partition coefficient (Wildman–Crippen LogP) is 3.19. The molecule has 2 aromatic carbocycles. The summed E-state index contributed by atoms with van der Waals surface area (Å²) in [6, 6.07) is 13.0. The van der Waals surface area contributed by atoms with Gasteiger partial charge in [-0.1, -0.05) is 18.2 Å². The quantitative estimate of drug-likeness (QED) is 0.444. The molecule has 3 heterocycles. The maximum Gasteiger partial charge on any atom is 0.258 e. The number of ether oxygens (including phenoxy) is 2. The highest BCUT2D eigenvalue weighted by molar-refractivity contribution is 6.15. The van der Waals surface area contributed by atoms with Gasteiger partial charge in [0.1, 0.15) is 11.5 Å². The Hall–Kier alpha value is -4.33. The highest BCUT2D eigenvalue weighted by atomic mass is 16.5. The van der Waals surface area contributed by atoms with Crippen molar-refractivity contribution in [1.82, 2.24) is 19.4 Å². The summed E-state index contributed by atoms with van der Waals surface area (Å²) in [4.78, 5) is 28.8. The van der Waals surface area contributed by atoms with Crippen LogP contribution in [0.3, 0.4) is 0 Å². The van der Waals surface area contributed by atoms with Gasteiger partial charge in [-0.15, -0.1) is 0 Å². The molecule has 0 atom stereocenters. The van der Waals surface area contributed by atoms with Gasteiger partial charge in [-0.2, -0.15) is 0 Å². The van der Waals surface area contributed by atoms with Gasteiger partial charge in [0, 0.05) is 61.3 Å². The fourth-order valence-corrected chi connectivity index (χ4v) is 3.83. The average Bonchev–Trinajstić information content (AvgIpc) is 3.52. The van der Waals surface area contributed by atoms with Crippen molar-refractivity contribution in [3.8, 4) is 11.5 Å². The number of benzene rings is 2. The monoisotopic (exact) mass is 442 g/mol. The molecule has 5 rings (SSSR count). The van der Waals surface area contributed by atoms with Crippen molar-refractivity contribution >= 4 is 28.7 Å². The van der Waals surface area contributed by atoms with Crippen molar-refractivity contribution in [2.75, 3.05) is 13.2 Å². The van der Waals surface area contributed by atoms with Crippen molar-refractivity contribution in [2.24, 2.45) is 7.05 Å². The molecule has 2 aromatic heterocycles. The standard InChI is InChI=1S/C25H22N4O4/c1-28-14-17(19-4-2-3-5-21(19)28)12-23-25(31)20-7-6-18(13-22(20)33-23)32-15-24(30)27-9-11-29-10-8-26-16-29/h2-8,10,12-14,16H,9,11,15H2,1H3,(H,27,30)/b23-12-. The van der Waals surface area contributed by atoms with E-state index in [9.17, 15) is 9.59 Å². The van der Waals surface area contributed by atoms with E-state index in [0.29, 0.717) is 30.2 Å². The van der Waals surface area contributed by atoms with Crippen LogP contribution in [0.1, 0.15) is 15.9 Å². The van der Waals surface area contributed by atoms with E-state index in [1.807, 2.05) is 52.8 Å². The minimum Gasteiger partial charge on any atom is -0.484 e. The number of aromatic nitrogens is 3. The van der Waals surface area contributed by atoms with Gasteiger partial charge in [0.2, 0.25) is 5.78 Å². The van der Waals surface area contributed by atoms with Gasteiger partial charge in [0.05, 0.1) is 11.9 Å². The normalized spacial score (nSPS) is 13.8. The highest BCUT2D eigenvalue weighted by Gasteiger charge is 2.28. The summed E-state index contributed by atoms with van der Waals surface area (Å²) >= 11 is 0. The zero-order chi connectivity index (χ0) is 22.8. The van der Waals surface area contributed by atoms with Gasteiger partial charge in [-0.3, -0.25) is 9.59 Å². The molecule has 166 valence electrons. The molecule has 0 aliphatic carbocycles. The molecule has 0 radical (unpaired) electrons. The smallest absolute Gasteiger partial charge is 0.258 e. The van der Waals surface area contributed by atoms with Crippen LogP contribution < -0.4 is 14.8 Å². The second-order valence-electron chi connectivity index (χ2n) is 7.75. The molecule has 1 aliphatic rings. The third-order valence-electron chi connectivity index (χ3n) is 5.48. The molecule has 1 N–H and O–H groups in total. The third kappa shape index (κ3) is 4.23. The molecular formula is C25H22N4O4. The summed E-state index contributed by atoms with van der Waals surface area (Å²) in [6.45, 7) is 0.977. The summed E-state index contributed by atoms with van der Waals surface area (Å²) in [5.41, 5.74) is 2.46. The highest BCUT2D eigenvalue weighted by Crippen LogP contribution is 2.35. The third-order valence-corrected chi connectivity index (χ3v) is 5.48. The molecule has 1 aliphatic heterocycles. The first-order valence-corrected chi connectivity index (χ1v) is 10.6. The number of imidazole rings is 1. The number of hydrogen-bond donors (Lipinski definition) is 1. The SMILES string of the molecule is Cn1cc(/C=C2\Oc3cc(OCC(=O)NCCn4ccnc4)ccc3C2=O)c2ccccc21. The van der Waals surface area contributed by atoms with Crippen LogP contribution in [0.5, 0.6) is 11.5 Å². The van der Waals surface area contributed by atoms with Gasteiger partial charge >= 0.3 is 0 Å². The Balaban J connectivity index is 1.23. The Morgan fingerprint density at radius 2 is 2.12 bits per heavy atom. The van der Waals surface area contributed by atoms with Crippen molar-refractivity contribution < 1.29 is 19.1 Å². The maximum atomic E-state index is 12.8. The van der Waals surface area contributed by atoms with E-state index in [2.05, 4.69) is 10.3 Å². The van der Waals surface area contributed by atoms with Crippen LogP contribution in [0.15, 0.2) is 73.1 Å². The van der Waals surface area contributed by atoms with Gasteiger partial charge < -0.3 is 23.9 Å². The van der Waals surface area contributed by atoms with E-state index >= 15 is 0 Å². The van der Waals surface area contributed by atoms with Crippen LogP contribution in [0, 0.1) is 0 Å². The summed E-state index contributed by atoms with van der Waals surface area (Å²) in [6.07, 6.45) is 8.94. The van der Waals surface area contributed by atoms with Crippen molar-refractivity contribution in [2.45, 2.75) is 6.54 Å². The number of para-hydroxylation sites is 1. The first-order chi connectivity index (χ1) is 16.1. The van der Waals surface area contributed by atoms with Crippen molar-refractivity contribution in [1.29, 1.82) is 0 Å². The molecule has 8 heteroatoms. The second kappa shape index (κ2) is 8.66. The Bertz CT molecular complexity index is 1370. The van der Waals surface area contributed by atoms with Crippen molar-refractivity contribution in [3.63, 3.8) is 0 Å². The molecule has 4 aromatic rings. The van der Waals surface area contributed by atoms with Gasteiger partial charge in [-0.25, -0.2) is 4.98 Å². The van der Waals surface area contributed by atoms with E-state index in [0.717, 1.165) is 16.5 Å². The number of nitrogens with one attached hydrogen (secondary N) is 1. The van der Waals surface area contributed by atoms with Crippen LogP contribution in [0.4, 0.5) is 0 Å². The lowest BCUT2D eigenvalue weighted by atomic mass is 10.1. The minimum absolute atomic E-state index is 0.130. The number of allylic oxidation sites excluding steroid dienone is 1. The van der Waals surface area contributed by atoms with E-state index < -0.39 is 0 Å². The first kappa shape index (κ1) is 20.6. The molecule has 0 bridgehead atoms. The molecule has 33 heavy (non-hydrogen) atoms. The van der Waals surface area contributed by atoms with Gasteiger partial charge in [0.25, 0.3) is 5.91 Å². The number of carbonyl (C=O) groups is 2. The Labute approximate surface area is 190 Å². The maximum absolute atomic E-state index is 12.8. The van der Waals surface area contributed by atoms with Crippen LogP contribution in [-0.4, -0.2) is 39.0 Å². The van der Waals surface area contributed by atoms with Crippen LogP contribution in [0.25, 0.3) is 17.0 Å². The van der Waals surface area contributed by atoms with E-state index in [1.54, 1.807) is 36.8 Å². The summed E-state index contributed by atoms with van der Waals surface area (Å²) in [5, 5.41) is 3.84. The number of nitrogens with zero attached hydrogens (tertiary/aromatic N) is 3. The lowest BCUT2D eigenvalue weighted by Crippen LogP contribution is -2.31. The van der Waals surface area contributed by atoms with E-state index in [4.69, 9.17) is 9.47 Å². The van der Waals surface area contributed by atoms with Gasteiger partial charge in [0.15, 0.2) is 12.4 Å². The number of fused-ring (bicyclic) bond motifs is 2. The minimum atomic E-state index is -0.232. The van der Waals surface area contributed by atoms with E-state index in [-0.39, 0.29) is 24.1 Å². The topological polar surface area (TPSA) is 87.4 Å². The lowest BCUT2D eigenvalue weighted by Gasteiger charge is -2.08. The fraction of sp³-hybridized carbons (Fsp3) is 0.160. The molecule has 0 fully saturated rings. The Morgan fingerprint density at radius 1 is 1.24 bits per heavy atom. The molecule has 0 saturated carbocycles. The van der Waals surface area contributed by atoms with Crippen LogP contribution in [0.2, 0.25) is 0 Å². The van der Waals surface area contributed by atoms with Crippen LogP contribution in [-0.2, 0) is 18.4 Å². The number of carbonyl (C=O) groups excluding carboxylic acids is 2. The predicted molar refractivity (Wildman–Crippen MR) is 123 cm³/mol. The number of hydrogen-bond acceptors (Lipinski definition) is 5. The molecule has 1 amide bonds. The summed E-state index contributed by atoms with van der Waals surface area (Å²) in [7, 11) is 1.97. The molecule has 0 spiro atoms. The average molecular weight is 442 g/mol. The number of Topliss-reactive ketones (excluding diaryl/α,β-unsaturated/α-hetero) is 1. The Morgan fingerprint density at radius 3 is 2.97 bits per heavy atom. The lowest BCUT2D eigenvalue weighted by molar-refractivity contribution is -0.123. The van der Waals surface area contributed by atoms with Crippen molar-refractivity contribution in [3.05, 3.63) is 84.3 Å². The molecular weight excluding hydrogens is 420 g/mol. The first-order valence-electron chi connectivity index (χ1n) is 10.6. The van der Waals surface area contributed by atoms with E-state index in [1.165, 1.54) is 0 Å². The summed E-state index contributed by atoms with van der Waals surface area (Å²) < 4.78 is 15.3. The number of aryl methyl sites for hydroxylation is 1. The van der Waals surface area contributed by atoms with Gasteiger partial charge in [-0.05, 0) is 24.3 Å². The molecule has 0 unspecified atom stereocenters. The number of rotatable bonds is 7. The number of ketones is 1. The Kier molecular flexibility index (Phi) is 5.40. The second-order valence-corrected chi connectivity index (χ2v) is 7.75. The molecule has 0 saturated heterocycles. The fourth-order valence-electron chi connectivity index (χ4n) is 3.83. The zero-order valence-corrected chi connectivity index (χ0v) is 18.0. The largest absolute Gasteiger partial charge is 0.484 e. The van der Waals surface area contributed by atoms with Crippen LogP contribution >= 0.6 is 0 Å². The number of amides is 1. The molecule has 8 nitrogen and oxygen atoms in total. The zero-order valence-electron chi connectivity index (χ0n) is 18.0. The summed E-state index contributed by atoms with van der Waals surface area (Å²) in [5.74, 6) is 0.726.